The van der Waals surface area contributed by atoms with Crippen LogP contribution in [0.25, 0.3) is 0 Å². The van der Waals surface area contributed by atoms with Crippen molar-refractivity contribution in [2.24, 2.45) is 5.92 Å². The zero-order valence-corrected chi connectivity index (χ0v) is 11.4. The summed E-state index contributed by atoms with van der Waals surface area (Å²) in [5, 5.41) is 9.20. The Bertz CT molecular complexity index is 351. The molecule has 1 unspecified atom stereocenters. The van der Waals surface area contributed by atoms with Gasteiger partial charge in [0.2, 0.25) is 5.91 Å². The van der Waals surface area contributed by atoms with E-state index in [0.29, 0.717) is 19.0 Å². The number of likely N-dealkylation sites (N-methyl/N-ethyl adjacent to an activating group) is 1. The van der Waals surface area contributed by atoms with Gasteiger partial charge in [-0.15, -0.1) is 0 Å². The van der Waals surface area contributed by atoms with Crippen LogP contribution in [0.5, 0.6) is 0 Å². The van der Waals surface area contributed by atoms with Crippen LogP contribution in [0, 0.1) is 5.92 Å². The molecule has 0 radical (unpaired) electrons. The first-order valence-corrected chi connectivity index (χ1v) is 6.36. The van der Waals surface area contributed by atoms with E-state index in [-0.39, 0.29) is 11.9 Å². The van der Waals surface area contributed by atoms with Gasteiger partial charge in [0.1, 0.15) is 0 Å². The molecule has 0 heterocycles. The molecule has 0 fully saturated rings. The van der Waals surface area contributed by atoms with Crippen LogP contribution in [-0.4, -0.2) is 32.1 Å². The molecular formula is C14H23N3O. The Morgan fingerprint density at radius 1 is 1.22 bits per heavy atom. The van der Waals surface area contributed by atoms with Crippen molar-refractivity contribution in [2.45, 2.75) is 19.9 Å². The van der Waals surface area contributed by atoms with E-state index in [9.17, 15) is 4.79 Å². The van der Waals surface area contributed by atoms with E-state index in [1.54, 1.807) is 7.05 Å². The Morgan fingerprint density at radius 3 is 2.44 bits per heavy atom. The largest absolute Gasteiger partial charge is 0.380 e. The van der Waals surface area contributed by atoms with Crippen LogP contribution in [0.3, 0.4) is 0 Å². The lowest BCUT2D eigenvalue weighted by Gasteiger charge is -2.24. The minimum Gasteiger partial charge on any atom is -0.380 e. The van der Waals surface area contributed by atoms with Gasteiger partial charge in [-0.05, 0) is 25.1 Å². The lowest BCUT2D eigenvalue weighted by molar-refractivity contribution is -0.120. The zero-order valence-electron chi connectivity index (χ0n) is 11.4. The van der Waals surface area contributed by atoms with Crippen LogP contribution in [-0.2, 0) is 4.79 Å². The molecule has 0 saturated heterocycles. The third-order valence-electron chi connectivity index (χ3n) is 2.79. The summed E-state index contributed by atoms with van der Waals surface area (Å²) in [5.41, 5.74) is 1.08. The van der Waals surface area contributed by atoms with Crippen LogP contribution < -0.4 is 16.0 Å². The van der Waals surface area contributed by atoms with E-state index >= 15 is 0 Å². The van der Waals surface area contributed by atoms with Crippen molar-refractivity contribution in [1.29, 1.82) is 0 Å². The van der Waals surface area contributed by atoms with Gasteiger partial charge >= 0.3 is 0 Å². The molecule has 4 heteroatoms. The number of carbonyl (C=O) groups excluding carboxylic acids is 1. The van der Waals surface area contributed by atoms with Crippen LogP contribution in [0.4, 0.5) is 5.69 Å². The van der Waals surface area contributed by atoms with Crippen LogP contribution in [0.15, 0.2) is 30.3 Å². The van der Waals surface area contributed by atoms with Gasteiger partial charge in [0, 0.05) is 18.3 Å². The highest BCUT2D eigenvalue weighted by atomic mass is 16.1. The molecule has 18 heavy (non-hydrogen) atoms. The maximum absolute atomic E-state index is 11.4. The van der Waals surface area contributed by atoms with Crippen LogP contribution >= 0.6 is 0 Å². The average molecular weight is 249 g/mol. The fourth-order valence-electron chi connectivity index (χ4n) is 1.65. The van der Waals surface area contributed by atoms with Crippen molar-refractivity contribution in [3.63, 3.8) is 0 Å². The van der Waals surface area contributed by atoms with Gasteiger partial charge in [-0.3, -0.25) is 4.79 Å². The number of nitrogens with one attached hydrogen (secondary N) is 3. The van der Waals surface area contributed by atoms with Crippen molar-refractivity contribution in [2.75, 3.05) is 25.5 Å². The molecule has 100 valence electrons. The van der Waals surface area contributed by atoms with Crippen LogP contribution in [0.2, 0.25) is 0 Å². The smallest absolute Gasteiger partial charge is 0.234 e. The number of carbonyl (C=O) groups is 1. The minimum absolute atomic E-state index is 0.0259. The average Bonchev–Trinajstić information content (AvgIpc) is 2.35. The van der Waals surface area contributed by atoms with Crippen LogP contribution in [0.1, 0.15) is 13.8 Å². The maximum atomic E-state index is 11.4. The molecule has 3 N–H and O–H groups in total. The minimum atomic E-state index is 0.0259. The summed E-state index contributed by atoms with van der Waals surface area (Å²) in [6, 6.07) is 10.3. The van der Waals surface area contributed by atoms with Crippen molar-refractivity contribution >= 4 is 11.6 Å². The Balaban J connectivity index is 2.48. The topological polar surface area (TPSA) is 53.2 Å². The normalized spacial score (nSPS) is 12.2. The Kier molecular flexibility index (Phi) is 6.22. The molecule has 1 rings (SSSR count). The number of amides is 1. The van der Waals surface area contributed by atoms with E-state index < -0.39 is 0 Å². The predicted molar refractivity (Wildman–Crippen MR) is 75.6 cm³/mol. The summed E-state index contributed by atoms with van der Waals surface area (Å²) in [4.78, 5) is 11.4. The molecule has 0 bridgehead atoms. The number of benzene rings is 1. The highest BCUT2D eigenvalue weighted by molar-refractivity contribution is 5.78. The second-order valence-electron chi connectivity index (χ2n) is 4.70. The van der Waals surface area contributed by atoms with E-state index in [2.05, 4.69) is 29.8 Å². The second-order valence-corrected chi connectivity index (χ2v) is 4.70. The SMILES string of the molecule is CNCC(=O)NCC(Nc1ccccc1)C(C)C. The summed E-state index contributed by atoms with van der Waals surface area (Å²) in [7, 11) is 1.77. The third kappa shape index (κ3) is 5.19. The summed E-state index contributed by atoms with van der Waals surface area (Å²) in [5.74, 6) is 0.470. The van der Waals surface area contributed by atoms with Gasteiger partial charge in [-0.2, -0.15) is 0 Å². The summed E-state index contributed by atoms with van der Waals surface area (Å²) in [6.45, 7) is 5.28. The van der Waals surface area contributed by atoms with Gasteiger partial charge in [0.15, 0.2) is 0 Å². The van der Waals surface area contributed by atoms with Gasteiger partial charge in [0.05, 0.1) is 6.54 Å². The quantitative estimate of drug-likeness (QED) is 0.686. The fourth-order valence-corrected chi connectivity index (χ4v) is 1.65. The fraction of sp³-hybridized carbons (Fsp3) is 0.500. The van der Waals surface area contributed by atoms with Gasteiger partial charge in [-0.25, -0.2) is 0 Å². The van der Waals surface area contributed by atoms with E-state index in [1.165, 1.54) is 0 Å². The summed E-state index contributed by atoms with van der Waals surface area (Å²) in [6.07, 6.45) is 0. The first-order valence-electron chi connectivity index (χ1n) is 6.36. The van der Waals surface area contributed by atoms with Crippen molar-refractivity contribution in [1.82, 2.24) is 10.6 Å². The summed E-state index contributed by atoms with van der Waals surface area (Å²) < 4.78 is 0. The highest BCUT2D eigenvalue weighted by Gasteiger charge is 2.13. The number of hydrogen-bond acceptors (Lipinski definition) is 3. The molecule has 0 aliphatic carbocycles. The van der Waals surface area contributed by atoms with E-state index in [4.69, 9.17) is 0 Å². The lowest BCUT2D eigenvalue weighted by atomic mass is 10.0. The van der Waals surface area contributed by atoms with Gasteiger partial charge < -0.3 is 16.0 Å². The highest BCUT2D eigenvalue weighted by Crippen LogP contribution is 2.11. The van der Waals surface area contributed by atoms with Gasteiger partial charge in [0.25, 0.3) is 0 Å². The van der Waals surface area contributed by atoms with Crippen molar-refractivity contribution < 1.29 is 4.79 Å². The maximum Gasteiger partial charge on any atom is 0.234 e. The second kappa shape index (κ2) is 7.71. The number of anilines is 1. The molecule has 4 nitrogen and oxygen atoms in total. The molecule has 1 aromatic carbocycles. The molecule has 0 saturated carbocycles. The predicted octanol–water partition coefficient (Wildman–Crippen LogP) is 1.46. The van der Waals surface area contributed by atoms with Crippen molar-refractivity contribution in [3.05, 3.63) is 30.3 Å². The molecule has 0 aromatic heterocycles. The molecule has 0 aliphatic heterocycles. The summed E-state index contributed by atoms with van der Waals surface area (Å²) >= 11 is 0. The number of rotatable bonds is 7. The standard InChI is InChI=1S/C14H23N3O/c1-11(2)13(9-16-14(18)10-15-3)17-12-7-5-4-6-8-12/h4-8,11,13,15,17H,9-10H2,1-3H3,(H,16,18). The Labute approximate surface area is 109 Å². The number of hydrogen-bond donors (Lipinski definition) is 3. The molecular weight excluding hydrogens is 226 g/mol. The van der Waals surface area contributed by atoms with E-state index in [0.717, 1.165) is 5.69 Å². The molecule has 1 atom stereocenters. The monoisotopic (exact) mass is 249 g/mol. The van der Waals surface area contributed by atoms with Crippen molar-refractivity contribution in [3.8, 4) is 0 Å². The Hall–Kier alpha value is -1.55. The third-order valence-corrected chi connectivity index (χ3v) is 2.79. The number of para-hydroxylation sites is 1. The molecule has 0 aliphatic rings. The first-order chi connectivity index (χ1) is 8.63. The van der Waals surface area contributed by atoms with Gasteiger partial charge in [-0.1, -0.05) is 32.0 Å². The lowest BCUT2D eigenvalue weighted by Crippen LogP contribution is -2.42. The molecule has 0 spiro atoms. The molecule has 1 amide bonds. The molecule has 1 aromatic rings. The Morgan fingerprint density at radius 2 is 1.89 bits per heavy atom. The zero-order chi connectivity index (χ0) is 13.4. The first kappa shape index (κ1) is 14.5. The van der Waals surface area contributed by atoms with E-state index in [1.807, 2.05) is 30.3 Å².